The SMILES string of the molecule is c1ccc2c(c1)CCNC2CCC1(CCC2NCCc3ccccc32)CCC(CCC2NCCc3ccccc32)(CCC2NCCc3ccccc32)C1. The van der Waals surface area contributed by atoms with Gasteiger partial charge in [0.1, 0.15) is 0 Å². The molecule has 5 aliphatic rings. The van der Waals surface area contributed by atoms with Gasteiger partial charge in [-0.15, -0.1) is 0 Å². The van der Waals surface area contributed by atoms with Crippen LogP contribution < -0.4 is 21.3 Å². The van der Waals surface area contributed by atoms with Gasteiger partial charge in [0.25, 0.3) is 0 Å². The minimum Gasteiger partial charge on any atom is -0.310 e. The zero-order valence-corrected chi connectivity index (χ0v) is 32.0. The second kappa shape index (κ2) is 15.8. The summed E-state index contributed by atoms with van der Waals surface area (Å²) in [4.78, 5) is 0. The number of hydrogen-bond acceptors (Lipinski definition) is 4. The number of benzene rings is 4. The third-order valence-electron chi connectivity index (χ3n) is 14.7. The molecule has 0 aromatic heterocycles. The Morgan fingerprint density at radius 2 is 0.642 bits per heavy atom. The summed E-state index contributed by atoms with van der Waals surface area (Å²) in [6, 6.07) is 39.0. The summed E-state index contributed by atoms with van der Waals surface area (Å²) in [6.45, 7) is 4.42. The summed E-state index contributed by atoms with van der Waals surface area (Å²) < 4.78 is 0. The first-order chi connectivity index (χ1) is 26.2. The van der Waals surface area contributed by atoms with Crippen LogP contribution in [-0.4, -0.2) is 26.2 Å². The molecule has 4 nitrogen and oxygen atoms in total. The molecule has 4 aromatic rings. The van der Waals surface area contributed by atoms with Crippen molar-refractivity contribution < 1.29 is 0 Å². The Morgan fingerprint density at radius 3 is 0.925 bits per heavy atom. The van der Waals surface area contributed by atoms with E-state index in [4.69, 9.17) is 0 Å². The maximum Gasteiger partial charge on any atom is 0.0323 e. The molecule has 53 heavy (non-hydrogen) atoms. The lowest BCUT2D eigenvalue weighted by Gasteiger charge is -2.40. The summed E-state index contributed by atoms with van der Waals surface area (Å²) in [5, 5.41) is 15.9. The van der Waals surface area contributed by atoms with Crippen molar-refractivity contribution in [3.05, 3.63) is 142 Å². The molecule has 4 unspecified atom stereocenters. The maximum atomic E-state index is 3.98. The van der Waals surface area contributed by atoms with Gasteiger partial charge in [-0.1, -0.05) is 97.1 Å². The van der Waals surface area contributed by atoms with E-state index < -0.39 is 0 Å². The molecule has 9 rings (SSSR count). The van der Waals surface area contributed by atoms with Gasteiger partial charge in [-0.25, -0.2) is 0 Å². The summed E-state index contributed by atoms with van der Waals surface area (Å²) in [5.74, 6) is 0. The zero-order chi connectivity index (χ0) is 35.5. The van der Waals surface area contributed by atoms with Crippen molar-refractivity contribution in [2.75, 3.05) is 26.2 Å². The van der Waals surface area contributed by atoms with Crippen LogP contribution in [0.5, 0.6) is 0 Å². The Hall–Kier alpha value is -3.28. The fraction of sp³-hybridized carbons (Fsp3) is 0.510. The summed E-state index contributed by atoms with van der Waals surface area (Å²) in [5.41, 5.74) is 13.2. The predicted octanol–water partition coefficient (Wildman–Crippen LogP) is 9.81. The Morgan fingerprint density at radius 1 is 0.377 bits per heavy atom. The highest BCUT2D eigenvalue weighted by atomic mass is 14.9. The third-order valence-corrected chi connectivity index (χ3v) is 14.7. The molecule has 4 heterocycles. The van der Waals surface area contributed by atoms with Crippen LogP contribution in [0.4, 0.5) is 0 Å². The van der Waals surface area contributed by atoms with E-state index in [1.807, 2.05) is 0 Å². The van der Waals surface area contributed by atoms with Crippen LogP contribution in [0.15, 0.2) is 97.1 Å². The Bertz CT molecular complexity index is 1590. The van der Waals surface area contributed by atoms with Crippen molar-refractivity contribution in [3.8, 4) is 0 Å². The molecule has 1 aliphatic carbocycles. The third kappa shape index (κ3) is 7.67. The van der Waals surface area contributed by atoms with Crippen molar-refractivity contribution in [1.29, 1.82) is 0 Å². The van der Waals surface area contributed by atoms with Crippen LogP contribution in [0.2, 0.25) is 0 Å². The second-order valence-electron chi connectivity index (χ2n) is 17.7. The lowest BCUT2D eigenvalue weighted by molar-refractivity contribution is 0.147. The van der Waals surface area contributed by atoms with Crippen LogP contribution in [0, 0.1) is 10.8 Å². The molecule has 4 heteroatoms. The Balaban J connectivity index is 0.997. The van der Waals surface area contributed by atoms with Crippen molar-refractivity contribution in [2.45, 2.75) is 120 Å². The first-order valence-corrected chi connectivity index (χ1v) is 21.4. The molecular formula is C49H62N4. The smallest absolute Gasteiger partial charge is 0.0323 e. The molecule has 0 radical (unpaired) electrons. The van der Waals surface area contributed by atoms with Crippen LogP contribution >= 0.6 is 0 Å². The minimum absolute atomic E-state index is 0.373. The van der Waals surface area contributed by atoms with Gasteiger partial charge in [0.05, 0.1) is 0 Å². The van der Waals surface area contributed by atoms with Gasteiger partial charge >= 0.3 is 0 Å². The maximum absolute atomic E-state index is 3.98. The molecule has 278 valence electrons. The predicted molar refractivity (Wildman–Crippen MR) is 219 cm³/mol. The molecule has 0 amide bonds. The normalized spacial score (nSPS) is 29.1. The van der Waals surface area contributed by atoms with E-state index in [0.717, 1.165) is 51.9 Å². The highest BCUT2D eigenvalue weighted by Crippen LogP contribution is 2.60. The van der Waals surface area contributed by atoms with Gasteiger partial charge in [0.2, 0.25) is 0 Å². The molecule has 0 saturated heterocycles. The van der Waals surface area contributed by atoms with Crippen LogP contribution in [0.1, 0.15) is 139 Å². The number of rotatable bonds is 12. The number of nitrogens with one attached hydrogen (secondary N) is 4. The second-order valence-corrected chi connectivity index (χ2v) is 17.7. The Labute approximate surface area is 319 Å². The molecule has 0 bridgehead atoms. The quantitative estimate of drug-likeness (QED) is 0.119. The summed E-state index contributed by atoms with van der Waals surface area (Å²) in [7, 11) is 0. The number of fused-ring (bicyclic) bond motifs is 4. The van der Waals surface area contributed by atoms with Gasteiger partial charge in [0, 0.05) is 24.2 Å². The average Bonchev–Trinajstić information content (AvgIpc) is 3.59. The van der Waals surface area contributed by atoms with Crippen molar-refractivity contribution in [1.82, 2.24) is 21.3 Å². The van der Waals surface area contributed by atoms with Crippen molar-refractivity contribution in [3.63, 3.8) is 0 Å². The van der Waals surface area contributed by atoms with Gasteiger partial charge in [-0.05, 0) is 178 Å². The molecule has 4 atom stereocenters. The van der Waals surface area contributed by atoms with E-state index in [1.165, 1.54) is 70.6 Å². The first-order valence-electron chi connectivity index (χ1n) is 21.4. The largest absolute Gasteiger partial charge is 0.310 e. The highest BCUT2D eigenvalue weighted by molar-refractivity contribution is 5.35. The van der Waals surface area contributed by atoms with Gasteiger partial charge in [-0.3, -0.25) is 0 Å². The van der Waals surface area contributed by atoms with Crippen molar-refractivity contribution >= 4 is 0 Å². The van der Waals surface area contributed by atoms with Crippen LogP contribution in [0.3, 0.4) is 0 Å². The van der Waals surface area contributed by atoms with Crippen molar-refractivity contribution in [2.24, 2.45) is 10.8 Å². The molecular weight excluding hydrogens is 645 g/mol. The number of hydrogen-bond donors (Lipinski definition) is 4. The molecule has 1 saturated carbocycles. The lowest BCUT2D eigenvalue weighted by atomic mass is 9.68. The van der Waals surface area contributed by atoms with Gasteiger partial charge < -0.3 is 21.3 Å². The molecule has 1 fully saturated rings. The van der Waals surface area contributed by atoms with Crippen LogP contribution in [-0.2, 0) is 25.7 Å². The fourth-order valence-corrected chi connectivity index (χ4v) is 11.8. The zero-order valence-electron chi connectivity index (χ0n) is 32.0. The van der Waals surface area contributed by atoms with Crippen LogP contribution in [0.25, 0.3) is 0 Å². The summed E-state index contributed by atoms with van der Waals surface area (Å²) in [6.07, 6.45) is 19.0. The van der Waals surface area contributed by atoms with E-state index in [1.54, 1.807) is 44.5 Å². The minimum atomic E-state index is 0.373. The molecule has 0 spiro atoms. The monoisotopic (exact) mass is 706 g/mol. The van der Waals surface area contributed by atoms with E-state index in [0.29, 0.717) is 35.0 Å². The topological polar surface area (TPSA) is 48.1 Å². The van der Waals surface area contributed by atoms with Gasteiger partial charge in [-0.2, -0.15) is 0 Å². The van der Waals surface area contributed by atoms with E-state index >= 15 is 0 Å². The summed E-state index contributed by atoms with van der Waals surface area (Å²) >= 11 is 0. The van der Waals surface area contributed by atoms with Gasteiger partial charge in [0.15, 0.2) is 0 Å². The first kappa shape index (κ1) is 35.4. The fourth-order valence-electron chi connectivity index (χ4n) is 11.8. The highest BCUT2D eigenvalue weighted by Gasteiger charge is 2.48. The van der Waals surface area contributed by atoms with E-state index in [9.17, 15) is 0 Å². The standard InChI is InChI=1S/C49H62N4/c1-5-13-40-36(9-1)21-31-50-44(40)17-25-48(26-18-45-41-14-6-2-10-37(41)22-32-51-45)29-30-49(35-48,27-19-46-42-15-7-3-11-38(42)23-33-52-46)28-20-47-43-16-8-4-12-39(43)24-34-53-47/h1-16,44-47,50-53H,17-35H2. The van der Waals surface area contributed by atoms with E-state index in [2.05, 4.69) is 118 Å². The molecule has 4 N–H and O–H groups in total. The molecule has 4 aromatic carbocycles. The molecule has 4 aliphatic heterocycles. The average molecular weight is 707 g/mol. The van der Waals surface area contributed by atoms with E-state index in [-0.39, 0.29) is 0 Å². The Kier molecular flexibility index (Phi) is 10.6. The lowest BCUT2D eigenvalue weighted by Crippen LogP contribution is -2.34.